The molecule has 0 spiro atoms. The Morgan fingerprint density at radius 2 is 1.89 bits per heavy atom. The van der Waals surface area contributed by atoms with E-state index in [1.54, 1.807) is 49.4 Å². The lowest BCUT2D eigenvalue weighted by Gasteiger charge is -2.09. The van der Waals surface area contributed by atoms with Crippen molar-refractivity contribution in [3.8, 4) is 5.82 Å². The van der Waals surface area contributed by atoms with Crippen LogP contribution in [0.3, 0.4) is 0 Å². The van der Waals surface area contributed by atoms with Crippen molar-refractivity contribution in [3.63, 3.8) is 0 Å². The number of hydrogen-bond acceptors (Lipinski definition) is 5. The molecule has 0 aliphatic carbocycles. The molecule has 4 aromatic heterocycles. The predicted octanol–water partition coefficient (Wildman–Crippen LogP) is 2.51. The number of halogens is 1. The summed E-state index contributed by atoms with van der Waals surface area (Å²) in [6.07, 6.45) is 12.6. The average molecular weight is 379 g/mol. The number of aromatic nitrogens is 6. The van der Waals surface area contributed by atoms with Gasteiger partial charge in [0.1, 0.15) is 5.82 Å². The molecule has 7 nitrogen and oxygen atoms in total. The lowest BCUT2D eigenvalue weighted by molar-refractivity contribution is 0.730. The molecule has 0 radical (unpaired) electrons. The van der Waals surface area contributed by atoms with E-state index in [1.807, 2.05) is 16.8 Å². The van der Waals surface area contributed by atoms with E-state index in [9.17, 15) is 4.79 Å². The minimum Gasteiger partial charge on any atom is -0.328 e. The maximum Gasteiger partial charge on any atom is 0.256 e. The molecule has 0 aliphatic heterocycles. The third kappa shape index (κ3) is 3.93. The van der Waals surface area contributed by atoms with Crippen molar-refractivity contribution in [2.24, 2.45) is 0 Å². The first-order valence-electron chi connectivity index (χ1n) is 8.26. The maximum atomic E-state index is 12.0. The normalized spacial score (nSPS) is 10.9. The second kappa shape index (κ2) is 7.51. The van der Waals surface area contributed by atoms with Gasteiger partial charge in [0, 0.05) is 49.2 Å². The van der Waals surface area contributed by atoms with E-state index in [-0.39, 0.29) is 5.56 Å². The van der Waals surface area contributed by atoms with Crippen molar-refractivity contribution in [1.82, 2.24) is 29.1 Å². The van der Waals surface area contributed by atoms with Crippen LogP contribution in [-0.2, 0) is 13.0 Å². The number of rotatable bonds is 5. The largest absolute Gasteiger partial charge is 0.328 e. The molecule has 0 unspecified atom stereocenters. The summed E-state index contributed by atoms with van der Waals surface area (Å²) in [7, 11) is 0. The van der Waals surface area contributed by atoms with E-state index in [2.05, 4.69) is 19.9 Å². The van der Waals surface area contributed by atoms with Gasteiger partial charge in [-0.25, -0.2) is 9.97 Å². The highest BCUT2D eigenvalue weighted by Crippen LogP contribution is 2.13. The van der Waals surface area contributed by atoms with Crippen LogP contribution in [0.5, 0.6) is 0 Å². The summed E-state index contributed by atoms with van der Waals surface area (Å²) >= 11 is 5.97. The molecule has 0 fully saturated rings. The summed E-state index contributed by atoms with van der Waals surface area (Å²) in [6, 6.07) is 6.72. The van der Waals surface area contributed by atoms with Crippen molar-refractivity contribution in [2.75, 3.05) is 0 Å². The van der Waals surface area contributed by atoms with Crippen molar-refractivity contribution >= 4 is 11.6 Å². The summed E-state index contributed by atoms with van der Waals surface area (Å²) < 4.78 is 3.45. The van der Waals surface area contributed by atoms with Gasteiger partial charge in [-0.2, -0.15) is 0 Å². The maximum absolute atomic E-state index is 12.0. The van der Waals surface area contributed by atoms with Gasteiger partial charge in [-0.15, -0.1) is 0 Å². The standard InChI is InChI=1S/C19H15ClN6O/c20-15-2-4-19(27)26(11-15)18-3-1-14(8-24-18)7-17-10-22-13-25(17)12-16-9-21-5-6-23-16/h1-6,8-11,13H,7,12H2. The molecule has 27 heavy (non-hydrogen) atoms. The molecule has 4 aromatic rings. The third-order valence-corrected chi connectivity index (χ3v) is 4.29. The number of hydrogen-bond donors (Lipinski definition) is 0. The van der Waals surface area contributed by atoms with Crippen LogP contribution in [0.2, 0.25) is 5.02 Å². The van der Waals surface area contributed by atoms with Gasteiger partial charge in [0.05, 0.1) is 29.8 Å². The molecule has 0 amide bonds. The zero-order valence-corrected chi connectivity index (χ0v) is 15.0. The van der Waals surface area contributed by atoms with Crippen LogP contribution in [0.1, 0.15) is 17.0 Å². The molecule has 0 atom stereocenters. The van der Waals surface area contributed by atoms with Gasteiger partial charge in [0.2, 0.25) is 0 Å². The molecule has 8 heteroatoms. The second-order valence-electron chi connectivity index (χ2n) is 5.97. The van der Waals surface area contributed by atoms with E-state index < -0.39 is 0 Å². The van der Waals surface area contributed by atoms with Gasteiger partial charge in [-0.05, 0) is 17.7 Å². The number of pyridine rings is 2. The Bertz CT molecular complexity index is 1110. The highest BCUT2D eigenvalue weighted by Gasteiger charge is 2.07. The molecule has 134 valence electrons. The zero-order valence-electron chi connectivity index (χ0n) is 14.2. The lowest BCUT2D eigenvalue weighted by atomic mass is 10.1. The van der Waals surface area contributed by atoms with Crippen LogP contribution >= 0.6 is 11.6 Å². The predicted molar refractivity (Wildman–Crippen MR) is 101 cm³/mol. The second-order valence-corrected chi connectivity index (χ2v) is 6.40. The van der Waals surface area contributed by atoms with E-state index in [0.717, 1.165) is 17.0 Å². The fraction of sp³-hybridized carbons (Fsp3) is 0.105. The summed E-state index contributed by atoms with van der Waals surface area (Å²) in [5.74, 6) is 0.527. The van der Waals surface area contributed by atoms with Crippen molar-refractivity contribution in [1.29, 1.82) is 0 Å². The Morgan fingerprint density at radius 1 is 0.963 bits per heavy atom. The fourth-order valence-corrected chi connectivity index (χ4v) is 2.90. The van der Waals surface area contributed by atoms with Crippen molar-refractivity contribution < 1.29 is 0 Å². The van der Waals surface area contributed by atoms with Crippen molar-refractivity contribution in [2.45, 2.75) is 13.0 Å². The molecule has 0 bridgehead atoms. The Kier molecular flexibility index (Phi) is 4.76. The van der Waals surface area contributed by atoms with Crippen LogP contribution < -0.4 is 5.56 Å². The van der Waals surface area contributed by atoms with Crippen LogP contribution in [0.25, 0.3) is 5.82 Å². The molecule has 4 heterocycles. The first kappa shape index (κ1) is 17.1. The topological polar surface area (TPSA) is 78.5 Å². The Labute approximate surface area is 160 Å². The zero-order chi connectivity index (χ0) is 18.6. The van der Waals surface area contributed by atoms with E-state index >= 15 is 0 Å². The summed E-state index contributed by atoms with van der Waals surface area (Å²) in [5, 5.41) is 0.480. The average Bonchev–Trinajstić information content (AvgIpc) is 3.12. The minimum absolute atomic E-state index is 0.179. The van der Waals surface area contributed by atoms with Crippen LogP contribution in [0, 0.1) is 0 Å². The smallest absolute Gasteiger partial charge is 0.256 e. The summed E-state index contributed by atoms with van der Waals surface area (Å²) in [4.78, 5) is 29.0. The summed E-state index contributed by atoms with van der Waals surface area (Å²) in [5.41, 5.74) is 2.73. The van der Waals surface area contributed by atoms with Gasteiger partial charge in [0.15, 0.2) is 0 Å². The highest BCUT2D eigenvalue weighted by atomic mass is 35.5. The van der Waals surface area contributed by atoms with Gasteiger partial charge < -0.3 is 4.57 Å². The van der Waals surface area contributed by atoms with Gasteiger partial charge >= 0.3 is 0 Å². The Hall–Kier alpha value is -3.32. The number of nitrogens with zero attached hydrogens (tertiary/aromatic N) is 6. The SMILES string of the molecule is O=c1ccc(Cl)cn1-c1ccc(Cc2cncn2Cc2cnccn2)cn1. The lowest BCUT2D eigenvalue weighted by Crippen LogP contribution is -2.17. The highest BCUT2D eigenvalue weighted by molar-refractivity contribution is 6.30. The van der Waals surface area contributed by atoms with Crippen LogP contribution in [0.4, 0.5) is 0 Å². The molecule has 4 rings (SSSR count). The monoisotopic (exact) mass is 378 g/mol. The van der Waals surface area contributed by atoms with E-state index in [0.29, 0.717) is 23.8 Å². The Balaban J connectivity index is 1.54. The molecule has 0 aliphatic rings. The molecular formula is C19H15ClN6O. The van der Waals surface area contributed by atoms with E-state index in [1.165, 1.54) is 10.6 Å². The first-order chi connectivity index (χ1) is 13.2. The Morgan fingerprint density at radius 3 is 2.67 bits per heavy atom. The van der Waals surface area contributed by atoms with Crippen LogP contribution in [0.15, 0.2) is 72.6 Å². The quantitative estimate of drug-likeness (QED) is 0.533. The third-order valence-electron chi connectivity index (χ3n) is 4.06. The van der Waals surface area contributed by atoms with Crippen molar-refractivity contribution in [3.05, 3.63) is 100 Å². The van der Waals surface area contributed by atoms with E-state index in [4.69, 9.17) is 11.6 Å². The molecule has 0 aromatic carbocycles. The van der Waals surface area contributed by atoms with Gasteiger partial charge in [-0.3, -0.25) is 19.3 Å². The van der Waals surface area contributed by atoms with Gasteiger partial charge in [-0.1, -0.05) is 17.7 Å². The minimum atomic E-state index is -0.179. The molecule has 0 saturated heterocycles. The van der Waals surface area contributed by atoms with Crippen LogP contribution in [-0.4, -0.2) is 29.1 Å². The fourth-order valence-electron chi connectivity index (χ4n) is 2.74. The van der Waals surface area contributed by atoms with Gasteiger partial charge in [0.25, 0.3) is 5.56 Å². The molecule has 0 N–H and O–H groups in total. The molecular weight excluding hydrogens is 364 g/mol. The first-order valence-corrected chi connectivity index (χ1v) is 8.64. The number of imidazole rings is 1. The summed E-state index contributed by atoms with van der Waals surface area (Å²) in [6.45, 7) is 0.604. The molecule has 0 saturated carbocycles.